The molecule has 150 valence electrons. The molecule has 1 amide bonds. The summed E-state index contributed by atoms with van der Waals surface area (Å²) in [6.07, 6.45) is 2.90. The van der Waals surface area contributed by atoms with Crippen LogP contribution in [0.25, 0.3) is 0 Å². The van der Waals surface area contributed by atoms with E-state index in [0.29, 0.717) is 5.92 Å². The molecule has 0 atom stereocenters. The lowest BCUT2D eigenvalue weighted by molar-refractivity contribution is 0.0177. The molecule has 1 saturated heterocycles. The minimum absolute atomic E-state index is 0.188. The molecule has 1 aliphatic rings. The molecule has 1 aromatic carbocycles. The van der Waals surface area contributed by atoms with E-state index in [9.17, 15) is 4.79 Å². The maximum absolute atomic E-state index is 12.0. The Morgan fingerprint density at radius 2 is 1.58 bits per heavy atom. The van der Waals surface area contributed by atoms with Crippen molar-refractivity contribution in [2.75, 3.05) is 19.7 Å². The van der Waals surface area contributed by atoms with Crippen LogP contribution in [-0.4, -0.2) is 36.3 Å². The van der Waals surface area contributed by atoms with Crippen LogP contribution in [0.1, 0.15) is 67.7 Å². The first-order valence-electron chi connectivity index (χ1n) is 10.1. The summed E-state index contributed by atoms with van der Waals surface area (Å²) in [6.45, 7) is 16.0. The highest BCUT2D eigenvalue weighted by Crippen LogP contribution is 2.22. The Balaban J connectivity index is 0.00000146. The van der Waals surface area contributed by atoms with Crippen molar-refractivity contribution in [2.45, 2.75) is 73.3 Å². The number of carbonyl (C=O) groups excluding carboxylic acids is 1. The molecule has 0 aliphatic carbocycles. The van der Waals surface area contributed by atoms with Gasteiger partial charge >= 0.3 is 6.09 Å². The number of benzene rings is 1. The van der Waals surface area contributed by atoms with Crippen molar-refractivity contribution in [1.29, 1.82) is 0 Å². The fourth-order valence-corrected chi connectivity index (χ4v) is 2.59. The summed E-state index contributed by atoms with van der Waals surface area (Å²) in [4.78, 5) is 13.8. The third-order valence-electron chi connectivity index (χ3n) is 3.80. The van der Waals surface area contributed by atoms with Crippen molar-refractivity contribution in [3.8, 4) is 5.75 Å². The summed E-state index contributed by atoms with van der Waals surface area (Å²) in [5.74, 6) is 1.55. The van der Waals surface area contributed by atoms with Gasteiger partial charge in [-0.3, -0.25) is 0 Å². The molecule has 0 unspecified atom stereocenters. The number of rotatable bonds is 4. The molecule has 26 heavy (non-hydrogen) atoms. The zero-order valence-electron chi connectivity index (χ0n) is 17.9. The topological polar surface area (TPSA) is 38.8 Å². The molecule has 2 rings (SSSR count). The van der Waals surface area contributed by atoms with Crippen molar-refractivity contribution >= 4 is 6.09 Å². The third kappa shape index (κ3) is 10.3. The number of likely N-dealkylation sites (tertiary alicyclic amines) is 1. The van der Waals surface area contributed by atoms with Crippen molar-refractivity contribution in [1.82, 2.24) is 4.90 Å². The van der Waals surface area contributed by atoms with E-state index >= 15 is 0 Å². The lowest BCUT2D eigenvalue weighted by Gasteiger charge is -2.33. The normalized spacial score (nSPS) is 14.3. The zero-order chi connectivity index (χ0) is 20.0. The molecule has 4 nitrogen and oxygen atoms in total. The first-order valence-corrected chi connectivity index (χ1v) is 10.1. The highest BCUT2D eigenvalue weighted by Gasteiger charge is 2.26. The number of piperidine rings is 1. The highest BCUT2D eigenvalue weighted by atomic mass is 16.6. The van der Waals surface area contributed by atoms with E-state index in [1.807, 2.05) is 83.7 Å². The molecular formula is C22H39NO3. The summed E-state index contributed by atoms with van der Waals surface area (Å²) in [7, 11) is 0. The van der Waals surface area contributed by atoms with Crippen molar-refractivity contribution < 1.29 is 14.3 Å². The maximum Gasteiger partial charge on any atom is 0.410 e. The Morgan fingerprint density at radius 1 is 1.04 bits per heavy atom. The molecule has 0 saturated carbocycles. The molecule has 0 aromatic heterocycles. The molecule has 0 bridgehead atoms. The molecule has 1 aliphatic heterocycles. The summed E-state index contributed by atoms with van der Waals surface area (Å²) < 4.78 is 11.2. The molecule has 0 N–H and O–H groups in total. The van der Waals surface area contributed by atoms with Gasteiger partial charge in [-0.1, -0.05) is 45.9 Å². The van der Waals surface area contributed by atoms with Crippen LogP contribution in [0.5, 0.6) is 5.75 Å². The summed E-state index contributed by atoms with van der Waals surface area (Å²) >= 11 is 0. The monoisotopic (exact) mass is 365 g/mol. The van der Waals surface area contributed by atoms with Gasteiger partial charge < -0.3 is 14.4 Å². The van der Waals surface area contributed by atoms with Gasteiger partial charge in [-0.2, -0.15) is 0 Å². The van der Waals surface area contributed by atoms with Crippen LogP contribution in [0.4, 0.5) is 4.79 Å². The van der Waals surface area contributed by atoms with Crippen LogP contribution in [0.15, 0.2) is 30.3 Å². The smallest absolute Gasteiger partial charge is 0.410 e. The second-order valence-corrected chi connectivity index (χ2v) is 6.86. The lowest BCUT2D eigenvalue weighted by atomic mass is 9.94. The van der Waals surface area contributed by atoms with Crippen LogP contribution < -0.4 is 4.74 Å². The molecule has 0 spiro atoms. The van der Waals surface area contributed by atoms with Crippen LogP contribution in [-0.2, 0) is 4.74 Å². The van der Waals surface area contributed by atoms with E-state index < -0.39 is 5.60 Å². The quantitative estimate of drug-likeness (QED) is 0.642. The number of ether oxygens (including phenoxy) is 2. The molecule has 1 fully saturated rings. The summed E-state index contributed by atoms with van der Waals surface area (Å²) in [5, 5.41) is 0. The molecule has 0 radical (unpaired) electrons. The number of amides is 1. The largest absolute Gasteiger partial charge is 0.494 e. The minimum Gasteiger partial charge on any atom is -0.494 e. The van der Waals surface area contributed by atoms with Gasteiger partial charge in [0, 0.05) is 13.1 Å². The Hall–Kier alpha value is -1.71. The Kier molecular flexibility index (Phi) is 12.6. The van der Waals surface area contributed by atoms with Crippen LogP contribution in [0.3, 0.4) is 0 Å². The molecular weight excluding hydrogens is 326 g/mol. The standard InChI is InChI=1S/C18H27NO3.2C2H6/c1-18(2,3)22-17(20)19-12-9-15(10-13-19)11-14-21-16-7-5-4-6-8-16;2*1-2/h4-8,15H,9-14H2,1-3H3;2*1-2H3. The van der Waals surface area contributed by atoms with Crippen molar-refractivity contribution in [2.24, 2.45) is 5.92 Å². The van der Waals surface area contributed by atoms with Gasteiger partial charge in [0.2, 0.25) is 0 Å². The van der Waals surface area contributed by atoms with Gasteiger partial charge in [-0.15, -0.1) is 0 Å². The number of carbonyl (C=O) groups is 1. The zero-order valence-corrected chi connectivity index (χ0v) is 17.9. The maximum atomic E-state index is 12.0. The number of hydrogen-bond acceptors (Lipinski definition) is 3. The summed E-state index contributed by atoms with van der Waals surface area (Å²) in [6, 6.07) is 9.90. The van der Waals surface area contributed by atoms with Crippen molar-refractivity contribution in [3.63, 3.8) is 0 Å². The number of hydrogen-bond donors (Lipinski definition) is 0. The second-order valence-electron chi connectivity index (χ2n) is 6.86. The predicted molar refractivity (Wildman–Crippen MR) is 110 cm³/mol. The van der Waals surface area contributed by atoms with Gasteiger partial charge in [0.15, 0.2) is 0 Å². The first-order chi connectivity index (χ1) is 12.4. The molecule has 1 heterocycles. The van der Waals surface area contributed by atoms with Crippen LogP contribution in [0.2, 0.25) is 0 Å². The van der Waals surface area contributed by atoms with Gasteiger partial charge in [-0.25, -0.2) is 4.79 Å². The van der Waals surface area contributed by atoms with E-state index in [1.165, 1.54) is 0 Å². The van der Waals surface area contributed by atoms with E-state index in [1.54, 1.807) is 0 Å². The van der Waals surface area contributed by atoms with E-state index in [0.717, 1.165) is 44.7 Å². The van der Waals surface area contributed by atoms with E-state index in [2.05, 4.69) is 0 Å². The lowest BCUT2D eigenvalue weighted by Crippen LogP contribution is -2.41. The second kappa shape index (κ2) is 13.5. The molecule has 4 heteroatoms. The Bertz CT molecular complexity index is 460. The fourth-order valence-electron chi connectivity index (χ4n) is 2.59. The third-order valence-corrected chi connectivity index (χ3v) is 3.80. The van der Waals surface area contributed by atoms with Crippen LogP contribution >= 0.6 is 0 Å². The van der Waals surface area contributed by atoms with E-state index in [-0.39, 0.29) is 6.09 Å². The summed E-state index contributed by atoms with van der Waals surface area (Å²) in [5.41, 5.74) is -0.419. The van der Waals surface area contributed by atoms with Crippen molar-refractivity contribution in [3.05, 3.63) is 30.3 Å². The van der Waals surface area contributed by atoms with Crippen LogP contribution in [0, 0.1) is 5.92 Å². The minimum atomic E-state index is -0.419. The van der Waals surface area contributed by atoms with Gasteiger partial charge in [0.25, 0.3) is 0 Å². The van der Waals surface area contributed by atoms with Gasteiger partial charge in [0.05, 0.1) is 6.61 Å². The first kappa shape index (κ1) is 24.3. The predicted octanol–water partition coefficient (Wildman–Crippen LogP) is 6.16. The van der Waals surface area contributed by atoms with Gasteiger partial charge in [-0.05, 0) is 58.1 Å². The number of nitrogens with zero attached hydrogens (tertiary/aromatic N) is 1. The Labute approximate surface area is 160 Å². The Morgan fingerprint density at radius 3 is 2.08 bits per heavy atom. The average molecular weight is 366 g/mol. The highest BCUT2D eigenvalue weighted by molar-refractivity contribution is 5.68. The average Bonchev–Trinajstić information content (AvgIpc) is 2.65. The van der Waals surface area contributed by atoms with E-state index in [4.69, 9.17) is 9.47 Å². The number of para-hydroxylation sites is 1. The fraction of sp³-hybridized carbons (Fsp3) is 0.682. The molecule has 1 aromatic rings. The van der Waals surface area contributed by atoms with Gasteiger partial charge in [0.1, 0.15) is 11.4 Å². The SMILES string of the molecule is CC.CC.CC(C)(C)OC(=O)N1CCC(CCOc2ccccc2)CC1.